The summed E-state index contributed by atoms with van der Waals surface area (Å²) in [6, 6.07) is 12.1. The van der Waals surface area contributed by atoms with Crippen LogP contribution >= 0.6 is 0 Å². The van der Waals surface area contributed by atoms with E-state index in [2.05, 4.69) is 17.4 Å². The summed E-state index contributed by atoms with van der Waals surface area (Å²) < 4.78 is 16.4. The fourth-order valence-corrected chi connectivity index (χ4v) is 2.44. The minimum atomic E-state index is 0.608. The van der Waals surface area contributed by atoms with E-state index in [9.17, 15) is 0 Å². The lowest BCUT2D eigenvalue weighted by Gasteiger charge is -2.17. The molecule has 2 aromatic carbocycles. The van der Waals surface area contributed by atoms with Crippen LogP contribution in [0.4, 0.5) is 0 Å². The van der Waals surface area contributed by atoms with Gasteiger partial charge in [0.2, 0.25) is 5.75 Å². The molecule has 0 aliphatic carbocycles. The SMILES string of the molecule is CNCc1ccccc1-c1ccc(OC)c(OC)c1OC. The number of rotatable bonds is 6. The topological polar surface area (TPSA) is 39.7 Å². The molecule has 0 fully saturated rings. The average Bonchev–Trinajstić information content (AvgIpc) is 2.54. The van der Waals surface area contributed by atoms with Crippen molar-refractivity contribution >= 4 is 0 Å². The van der Waals surface area contributed by atoms with Crippen molar-refractivity contribution in [1.82, 2.24) is 5.32 Å². The number of methoxy groups -OCH3 is 3. The number of hydrogen-bond donors (Lipinski definition) is 1. The Morgan fingerprint density at radius 1 is 0.810 bits per heavy atom. The summed E-state index contributed by atoms with van der Waals surface area (Å²) in [6.07, 6.45) is 0. The minimum absolute atomic E-state index is 0.608. The minimum Gasteiger partial charge on any atom is -0.493 e. The number of ether oxygens (including phenoxy) is 3. The van der Waals surface area contributed by atoms with Gasteiger partial charge in [-0.3, -0.25) is 0 Å². The van der Waals surface area contributed by atoms with Gasteiger partial charge in [-0.25, -0.2) is 0 Å². The predicted molar refractivity (Wildman–Crippen MR) is 84.3 cm³/mol. The zero-order valence-corrected chi connectivity index (χ0v) is 12.9. The van der Waals surface area contributed by atoms with Crippen LogP contribution in [0.25, 0.3) is 11.1 Å². The molecule has 0 saturated carbocycles. The van der Waals surface area contributed by atoms with Gasteiger partial charge < -0.3 is 19.5 Å². The molecule has 1 N–H and O–H groups in total. The van der Waals surface area contributed by atoms with Gasteiger partial charge in [-0.1, -0.05) is 24.3 Å². The van der Waals surface area contributed by atoms with Gasteiger partial charge in [0.25, 0.3) is 0 Å². The van der Waals surface area contributed by atoms with Crippen molar-refractivity contribution in [3.05, 3.63) is 42.0 Å². The van der Waals surface area contributed by atoms with Crippen LogP contribution in [0.3, 0.4) is 0 Å². The molecule has 2 aromatic rings. The van der Waals surface area contributed by atoms with E-state index < -0.39 is 0 Å². The van der Waals surface area contributed by atoms with Crippen molar-refractivity contribution in [2.24, 2.45) is 0 Å². The van der Waals surface area contributed by atoms with E-state index in [1.54, 1.807) is 21.3 Å². The number of benzene rings is 2. The molecule has 112 valence electrons. The predicted octanol–water partition coefficient (Wildman–Crippen LogP) is 3.10. The third kappa shape index (κ3) is 2.95. The van der Waals surface area contributed by atoms with Crippen LogP contribution in [0, 0.1) is 0 Å². The lowest BCUT2D eigenvalue weighted by molar-refractivity contribution is 0.325. The van der Waals surface area contributed by atoms with Gasteiger partial charge in [0.05, 0.1) is 21.3 Å². The third-order valence-electron chi connectivity index (χ3n) is 3.38. The Bertz CT molecular complexity index is 611. The maximum atomic E-state index is 5.57. The average molecular weight is 287 g/mol. The summed E-state index contributed by atoms with van der Waals surface area (Å²) in [5.41, 5.74) is 3.30. The first kappa shape index (κ1) is 15.2. The Morgan fingerprint density at radius 2 is 1.52 bits per heavy atom. The smallest absolute Gasteiger partial charge is 0.203 e. The molecule has 0 unspecified atom stereocenters. The van der Waals surface area contributed by atoms with Crippen LogP contribution in [0.15, 0.2) is 36.4 Å². The first-order valence-corrected chi connectivity index (χ1v) is 6.78. The van der Waals surface area contributed by atoms with Gasteiger partial charge in [0.15, 0.2) is 11.5 Å². The molecule has 0 heterocycles. The monoisotopic (exact) mass is 287 g/mol. The first-order chi connectivity index (χ1) is 10.3. The molecule has 0 amide bonds. The molecule has 2 rings (SSSR count). The van der Waals surface area contributed by atoms with Crippen molar-refractivity contribution in [3.8, 4) is 28.4 Å². The maximum absolute atomic E-state index is 5.57. The third-order valence-corrected chi connectivity index (χ3v) is 3.38. The molecular weight excluding hydrogens is 266 g/mol. The van der Waals surface area contributed by atoms with Crippen molar-refractivity contribution in [2.75, 3.05) is 28.4 Å². The van der Waals surface area contributed by atoms with E-state index in [-0.39, 0.29) is 0 Å². The molecule has 0 saturated heterocycles. The summed E-state index contributed by atoms with van der Waals surface area (Å²) in [7, 11) is 6.81. The van der Waals surface area contributed by atoms with Crippen molar-refractivity contribution in [1.29, 1.82) is 0 Å². The summed E-state index contributed by atoms with van der Waals surface area (Å²) in [5.74, 6) is 1.95. The molecule has 0 spiro atoms. The standard InChI is InChI=1S/C17H21NO3/c1-18-11-12-7-5-6-8-13(12)14-9-10-15(19-2)17(21-4)16(14)20-3/h5-10,18H,11H2,1-4H3. The lowest BCUT2D eigenvalue weighted by Crippen LogP contribution is -2.06. The zero-order chi connectivity index (χ0) is 15.2. The summed E-state index contributed by atoms with van der Waals surface area (Å²) in [6.45, 7) is 0.785. The summed E-state index contributed by atoms with van der Waals surface area (Å²) in [5, 5.41) is 3.19. The second kappa shape index (κ2) is 6.99. The highest BCUT2D eigenvalue weighted by Crippen LogP contribution is 2.44. The normalized spacial score (nSPS) is 10.3. The van der Waals surface area contributed by atoms with Gasteiger partial charge in [0, 0.05) is 12.1 Å². The molecule has 0 radical (unpaired) electrons. The van der Waals surface area contributed by atoms with E-state index in [1.807, 2.05) is 31.3 Å². The van der Waals surface area contributed by atoms with Crippen LogP contribution in [-0.2, 0) is 6.54 Å². The van der Waals surface area contributed by atoms with E-state index in [4.69, 9.17) is 14.2 Å². The fourth-order valence-electron chi connectivity index (χ4n) is 2.44. The lowest BCUT2D eigenvalue weighted by atomic mass is 9.98. The van der Waals surface area contributed by atoms with Gasteiger partial charge in [-0.05, 0) is 30.3 Å². The highest BCUT2D eigenvalue weighted by atomic mass is 16.5. The quantitative estimate of drug-likeness (QED) is 0.886. The van der Waals surface area contributed by atoms with Crippen LogP contribution in [0.5, 0.6) is 17.2 Å². The van der Waals surface area contributed by atoms with Crippen molar-refractivity contribution in [3.63, 3.8) is 0 Å². The van der Waals surface area contributed by atoms with Gasteiger partial charge in [-0.2, -0.15) is 0 Å². The maximum Gasteiger partial charge on any atom is 0.203 e. The Kier molecular flexibility index (Phi) is 5.06. The Morgan fingerprint density at radius 3 is 2.14 bits per heavy atom. The second-order valence-corrected chi connectivity index (χ2v) is 4.57. The Hall–Kier alpha value is -2.20. The number of nitrogens with one attached hydrogen (secondary N) is 1. The van der Waals surface area contributed by atoms with Crippen LogP contribution in [0.2, 0.25) is 0 Å². The van der Waals surface area contributed by atoms with Crippen LogP contribution < -0.4 is 19.5 Å². The zero-order valence-electron chi connectivity index (χ0n) is 12.9. The highest BCUT2D eigenvalue weighted by Gasteiger charge is 2.18. The molecule has 4 nitrogen and oxygen atoms in total. The summed E-state index contributed by atoms with van der Waals surface area (Å²) in [4.78, 5) is 0. The van der Waals surface area contributed by atoms with Crippen LogP contribution in [-0.4, -0.2) is 28.4 Å². The molecule has 0 aliphatic heterocycles. The number of hydrogen-bond acceptors (Lipinski definition) is 4. The Labute approximate surface area is 125 Å². The van der Waals surface area contributed by atoms with Gasteiger partial charge >= 0.3 is 0 Å². The first-order valence-electron chi connectivity index (χ1n) is 6.78. The van der Waals surface area contributed by atoms with Gasteiger partial charge in [-0.15, -0.1) is 0 Å². The molecule has 0 atom stereocenters. The van der Waals surface area contributed by atoms with E-state index in [0.717, 1.165) is 17.7 Å². The van der Waals surface area contributed by atoms with Crippen LogP contribution in [0.1, 0.15) is 5.56 Å². The molecular formula is C17H21NO3. The van der Waals surface area contributed by atoms with Crippen molar-refractivity contribution < 1.29 is 14.2 Å². The molecule has 0 aliphatic rings. The summed E-state index contributed by atoms with van der Waals surface area (Å²) >= 11 is 0. The molecule has 21 heavy (non-hydrogen) atoms. The van der Waals surface area contributed by atoms with Gasteiger partial charge in [0.1, 0.15) is 0 Å². The molecule has 0 aromatic heterocycles. The van der Waals surface area contributed by atoms with E-state index in [1.165, 1.54) is 5.56 Å². The fraction of sp³-hybridized carbons (Fsp3) is 0.294. The van der Waals surface area contributed by atoms with E-state index >= 15 is 0 Å². The van der Waals surface area contributed by atoms with E-state index in [0.29, 0.717) is 17.2 Å². The Balaban J connectivity index is 2.64. The molecule has 0 bridgehead atoms. The molecule has 4 heteroatoms. The highest BCUT2D eigenvalue weighted by molar-refractivity contribution is 5.78. The second-order valence-electron chi connectivity index (χ2n) is 4.57. The largest absolute Gasteiger partial charge is 0.493 e. The van der Waals surface area contributed by atoms with Crippen molar-refractivity contribution in [2.45, 2.75) is 6.54 Å².